The number of rotatable bonds is 3. The Bertz CT molecular complexity index is 1120. The summed E-state index contributed by atoms with van der Waals surface area (Å²) in [6, 6.07) is 11.6. The van der Waals surface area contributed by atoms with Crippen LogP contribution in [0.25, 0.3) is 16.8 Å². The molecule has 0 aliphatic carbocycles. The summed E-state index contributed by atoms with van der Waals surface area (Å²) in [6.07, 6.45) is -3.04. The normalized spacial score (nSPS) is 15.6. The number of hydrogen-bond donors (Lipinski definition) is 2. The molecule has 3 rings (SSSR count). The van der Waals surface area contributed by atoms with E-state index in [2.05, 4.69) is 11.7 Å². The largest absolute Gasteiger partial charge is 0.416 e. The molecule has 0 spiro atoms. The van der Waals surface area contributed by atoms with Crippen LogP contribution in [-0.2, 0) is 16.2 Å². The fourth-order valence-corrected chi connectivity index (χ4v) is 3.94. The standard InChI is InChI=1S/C18H15F3N4O2S2/c1-11-25(24-17(28-11)29(23,26)27)10-16(22)13-7-5-12(6-8-13)14-3-2-4-15(9-14)18(19,20)21/h2-10H,1,22H2,(H2,23,26,27)/b16-10-. The van der Waals surface area contributed by atoms with Crippen molar-refractivity contribution in [2.24, 2.45) is 16.0 Å². The van der Waals surface area contributed by atoms with E-state index >= 15 is 0 Å². The van der Waals surface area contributed by atoms with Crippen molar-refractivity contribution in [3.8, 4) is 11.1 Å². The Morgan fingerprint density at radius 3 is 2.34 bits per heavy atom. The number of thioether (sulfide) groups is 1. The molecule has 1 aliphatic rings. The van der Waals surface area contributed by atoms with E-state index in [0.717, 1.165) is 23.9 Å². The maximum absolute atomic E-state index is 12.9. The number of sulfonamides is 1. The number of alkyl halides is 3. The van der Waals surface area contributed by atoms with Crippen LogP contribution in [0.3, 0.4) is 0 Å². The summed E-state index contributed by atoms with van der Waals surface area (Å²) >= 11 is 0.797. The van der Waals surface area contributed by atoms with Gasteiger partial charge in [-0.15, -0.1) is 5.10 Å². The number of hydrogen-bond acceptors (Lipinski definition) is 6. The first-order chi connectivity index (χ1) is 13.4. The number of nitrogens with zero attached hydrogens (tertiary/aromatic N) is 2. The fraction of sp³-hybridized carbons (Fsp3) is 0.0556. The van der Waals surface area contributed by atoms with Crippen LogP contribution in [0.15, 0.2) is 71.4 Å². The molecule has 152 valence electrons. The summed E-state index contributed by atoms with van der Waals surface area (Å²) in [5.74, 6) is 0. The molecule has 1 heterocycles. The molecule has 0 saturated heterocycles. The average molecular weight is 440 g/mol. The second-order valence-corrected chi connectivity index (χ2v) is 8.79. The second-order valence-electron chi connectivity index (χ2n) is 5.99. The van der Waals surface area contributed by atoms with Gasteiger partial charge in [0.25, 0.3) is 10.0 Å². The summed E-state index contributed by atoms with van der Waals surface area (Å²) in [5.41, 5.74) is 7.12. The highest BCUT2D eigenvalue weighted by Gasteiger charge is 2.30. The molecular weight excluding hydrogens is 425 g/mol. The summed E-state index contributed by atoms with van der Waals surface area (Å²) in [6.45, 7) is 3.69. The van der Waals surface area contributed by atoms with E-state index in [0.29, 0.717) is 21.7 Å². The molecule has 11 heteroatoms. The van der Waals surface area contributed by atoms with Gasteiger partial charge in [0.1, 0.15) is 0 Å². The second kappa shape index (κ2) is 7.58. The maximum Gasteiger partial charge on any atom is 0.416 e. The summed E-state index contributed by atoms with van der Waals surface area (Å²) in [7, 11) is -3.96. The Morgan fingerprint density at radius 2 is 1.79 bits per heavy atom. The zero-order valence-corrected chi connectivity index (χ0v) is 16.4. The molecule has 0 atom stereocenters. The topological polar surface area (TPSA) is 102 Å². The Balaban J connectivity index is 1.84. The first-order valence-corrected chi connectivity index (χ1v) is 10.3. The molecule has 0 aromatic heterocycles. The minimum absolute atomic E-state index is 0.252. The zero-order chi connectivity index (χ0) is 21.4. The first-order valence-electron chi connectivity index (χ1n) is 7.98. The van der Waals surface area contributed by atoms with Gasteiger partial charge in [0.15, 0.2) is 0 Å². The van der Waals surface area contributed by atoms with Gasteiger partial charge in [0.2, 0.25) is 4.38 Å². The molecule has 0 saturated carbocycles. The molecule has 29 heavy (non-hydrogen) atoms. The monoisotopic (exact) mass is 440 g/mol. The molecule has 2 aromatic rings. The van der Waals surface area contributed by atoms with Crippen molar-refractivity contribution in [3.63, 3.8) is 0 Å². The molecular formula is C18H15F3N4O2S2. The Hall–Kier alpha value is -2.76. The van der Waals surface area contributed by atoms with E-state index in [1.165, 1.54) is 17.3 Å². The molecule has 4 N–H and O–H groups in total. The quantitative estimate of drug-likeness (QED) is 0.758. The van der Waals surface area contributed by atoms with Crippen molar-refractivity contribution < 1.29 is 21.6 Å². The molecule has 2 aromatic carbocycles. The van der Waals surface area contributed by atoms with E-state index in [-0.39, 0.29) is 10.1 Å². The third-order valence-corrected chi connectivity index (χ3v) is 6.09. The van der Waals surface area contributed by atoms with Crippen LogP contribution < -0.4 is 10.9 Å². The van der Waals surface area contributed by atoms with Crippen LogP contribution in [0.5, 0.6) is 0 Å². The van der Waals surface area contributed by atoms with Crippen molar-refractivity contribution in [1.29, 1.82) is 0 Å². The lowest BCUT2D eigenvalue weighted by molar-refractivity contribution is -0.137. The molecule has 0 bridgehead atoms. The van der Waals surface area contributed by atoms with Crippen molar-refractivity contribution in [2.75, 3.05) is 0 Å². The van der Waals surface area contributed by atoms with Crippen LogP contribution in [0.2, 0.25) is 0 Å². The lowest BCUT2D eigenvalue weighted by Crippen LogP contribution is -2.19. The van der Waals surface area contributed by atoms with Gasteiger partial charge >= 0.3 is 6.18 Å². The highest BCUT2D eigenvalue weighted by atomic mass is 32.3. The number of hydrazone groups is 1. The number of primary sulfonamides is 1. The lowest BCUT2D eigenvalue weighted by Gasteiger charge is -2.11. The minimum atomic E-state index is -4.42. The van der Waals surface area contributed by atoms with Crippen molar-refractivity contribution >= 4 is 31.9 Å². The van der Waals surface area contributed by atoms with E-state index < -0.39 is 21.8 Å². The molecule has 0 amide bonds. The van der Waals surface area contributed by atoms with Crippen LogP contribution in [-0.4, -0.2) is 17.8 Å². The van der Waals surface area contributed by atoms with Gasteiger partial charge in [-0.3, -0.25) is 0 Å². The average Bonchev–Trinajstić information content (AvgIpc) is 3.02. The van der Waals surface area contributed by atoms with E-state index in [9.17, 15) is 21.6 Å². The summed E-state index contributed by atoms with van der Waals surface area (Å²) in [5, 5.41) is 10.4. The maximum atomic E-state index is 12.9. The number of nitrogens with two attached hydrogens (primary N) is 2. The molecule has 0 fully saturated rings. The predicted molar refractivity (Wildman–Crippen MR) is 108 cm³/mol. The Kier molecular flexibility index (Phi) is 5.48. The van der Waals surface area contributed by atoms with Crippen LogP contribution in [0.4, 0.5) is 13.2 Å². The molecule has 0 unspecified atom stereocenters. The zero-order valence-electron chi connectivity index (χ0n) is 14.7. The van der Waals surface area contributed by atoms with Gasteiger partial charge in [0.05, 0.1) is 22.5 Å². The minimum Gasteiger partial charge on any atom is -0.397 e. The van der Waals surface area contributed by atoms with Crippen molar-refractivity contribution in [1.82, 2.24) is 5.01 Å². The smallest absolute Gasteiger partial charge is 0.397 e. The van der Waals surface area contributed by atoms with E-state index in [1.54, 1.807) is 30.3 Å². The third-order valence-electron chi connectivity index (χ3n) is 3.90. The van der Waals surface area contributed by atoms with Gasteiger partial charge in [-0.25, -0.2) is 18.6 Å². The SMILES string of the molecule is C=C1SC(S(N)(=O)=O)=NN1/C=C(\N)c1ccc(-c2cccc(C(F)(F)F)c2)cc1. The van der Waals surface area contributed by atoms with Crippen LogP contribution >= 0.6 is 11.8 Å². The van der Waals surface area contributed by atoms with Gasteiger partial charge in [-0.05, 0) is 40.6 Å². The number of benzene rings is 2. The highest BCUT2D eigenvalue weighted by molar-refractivity contribution is 8.36. The Labute approximate surface area is 169 Å². The molecule has 1 aliphatic heterocycles. The van der Waals surface area contributed by atoms with Crippen LogP contribution in [0, 0.1) is 0 Å². The summed E-state index contributed by atoms with van der Waals surface area (Å²) < 4.78 is 61.1. The van der Waals surface area contributed by atoms with Crippen molar-refractivity contribution in [3.05, 3.63) is 77.5 Å². The van der Waals surface area contributed by atoms with Gasteiger partial charge < -0.3 is 5.73 Å². The highest BCUT2D eigenvalue weighted by Crippen LogP contribution is 2.33. The Morgan fingerprint density at radius 1 is 1.14 bits per heavy atom. The van der Waals surface area contributed by atoms with Gasteiger partial charge in [-0.1, -0.05) is 43.0 Å². The predicted octanol–water partition coefficient (Wildman–Crippen LogP) is 3.71. The van der Waals surface area contributed by atoms with Gasteiger partial charge in [0, 0.05) is 0 Å². The third kappa shape index (κ3) is 4.81. The lowest BCUT2D eigenvalue weighted by atomic mass is 10.0. The van der Waals surface area contributed by atoms with E-state index in [1.807, 2.05) is 0 Å². The van der Waals surface area contributed by atoms with Crippen LogP contribution in [0.1, 0.15) is 11.1 Å². The van der Waals surface area contributed by atoms with Crippen molar-refractivity contribution in [2.45, 2.75) is 6.18 Å². The number of halogens is 3. The molecule has 6 nitrogen and oxygen atoms in total. The fourth-order valence-electron chi connectivity index (χ4n) is 2.46. The summed E-state index contributed by atoms with van der Waals surface area (Å²) in [4.78, 5) is 0. The van der Waals surface area contributed by atoms with Gasteiger partial charge in [-0.2, -0.15) is 13.2 Å². The first kappa shape index (κ1) is 21.0. The van der Waals surface area contributed by atoms with E-state index in [4.69, 9.17) is 10.9 Å². The molecule has 0 radical (unpaired) electrons.